The van der Waals surface area contributed by atoms with Gasteiger partial charge in [-0.25, -0.2) is 4.98 Å². The van der Waals surface area contributed by atoms with Gasteiger partial charge in [-0.2, -0.15) is 0 Å². The number of rotatable bonds is 0. The van der Waals surface area contributed by atoms with Gasteiger partial charge in [0, 0.05) is 0 Å². The monoisotopic (exact) mass is 407 g/mol. The fourth-order valence-electron chi connectivity index (χ4n) is 0.473. The maximum Gasteiger partial charge on any atom is 0.164 e. The van der Waals surface area contributed by atoms with Crippen LogP contribution in [0.3, 0.4) is 0 Å². The molecule has 0 aliphatic heterocycles. The fourth-order valence-corrected chi connectivity index (χ4v) is 2.65. The molecule has 0 fully saturated rings. The molecule has 0 aromatic carbocycles. The minimum atomic E-state index is 0.0834. The van der Waals surface area contributed by atoms with E-state index in [1.54, 1.807) is 0 Å². The van der Waals surface area contributed by atoms with Crippen molar-refractivity contribution in [2.24, 2.45) is 0 Å². The van der Waals surface area contributed by atoms with Crippen molar-refractivity contribution in [3.8, 4) is 5.75 Å². The maximum atomic E-state index is 9.30. The number of nitrogens with zero attached hydrogens (tertiary/aromatic N) is 1. The Balaban J connectivity index is 3.46. The van der Waals surface area contributed by atoms with Crippen molar-refractivity contribution in [1.82, 2.24) is 4.98 Å². The van der Waals surface area contributed by atoms with E-state index in [-0.39, 0.29) is 5.75 Å². The van der Waals surface area contributed by atoms with Crippen LogP contribution in [0.4, 0.5) is 0 Å². The van der Waals surface area contributed by atoms with E-state index in [9.17, 15) is 5.11 Å². The summed E-state index contributed by atoms with van der Waals surface area (Å²) in [5.74, 6) is 0.0834. The molecule has 0 saturated carbocycles. The van der Waals surface area contributed by atoms with E-state index in [1.807, 2.05) is 0 Å². The average Bonchev–Trinajstić information content (AvgIpc) is 1.97. The Morgan fingerprint density at radius 3 is 2.00 bits per heavy atom. The number of aromatic hydroxyl groups is 1. The fraction of sp³-hybridized carbons (Fsp3) is 0. The first-order valence-corrected chi connectivity index (χ1v) is 5.60. The smallest absolute Gasteiger partial charge is 0.164 e. The van der Waals surface area contributed by atoms with Gasteiger partial charge in [0.15, 0.2) is 5.75 Å². The zero-order valence-electron chi connectivity index (χ0n) is 4.91. The first-order valence-electron chi connectivity index (χ1n) is 2.43. The summed E-state index contributed by atoms with van der Waals surface area (Å²) in [6.07, 6.45) is 0. The molecule has 0 aliphatic carbocycles. The summed E-state index contributed by atoms with van der Waals surface area (Å²) in [6, 6.07) is 0. The lowest BCUT2D eigenvalue weighted by Gasteiger charge is -2.02. The van der Waals surface area contributed by atoms with Crippen molar-refractivity contribution in [3.05, 3.63) is 18.2 Å². The second-order valence-corrected chi connectivity index (χ2v) is 4.76. The molecule has 0 spiro atoms. The van der Waals surface area contributed by atoms with Crippen molar-refractivity contribution in [3.63, 3.8) is 0 Å². The molecule has 1 aromatic heterocycles. The standard InChI is InChI=1S/C5HBr4NO/c6-1-2(7)4(8)10-5(9)3(1)11/h11H. The van der Waals surface area contributed by atoms with Crippen molar-refractivity contribution < 1.29 is 5.11 Å². The Bertz CT molecular complexity index is 275. The zero-order valence-corrected chi connectivity index (χ0v) is 11.3. The van der Waals surface area contributed by atoms with E-state index in [4.69, 9.17) is 0 Å². The zero-order chi connectivity index (χ0) is 8.59. The summed E-state index contributed by atoms with van der Waals surface area (Å²) in [6.45, 7) is 0. The molecule has 6 heteroatoms. The third kappa shape index (κ3) is 1.96. The van der Waals surface area contributed by atoms with Crippen LogP contribution in [0.2, 0.25) is 0 Å². The minimum Gasteiger partial charge on any atom is -0.504 e. The van der Waals surface area contributed by atoms with Crippen LogP contribution in [-0.4, -0.2) is 10.1 Å². The quantitative estimate of drug-likeness (QED) is 0.659. The van der Waals surface area contributed by atoms with Crippen LogP contribution in [0.1, 0.15) is 0 Å². The van der Waals surface area contributed by atoms with Gasteiger partial charge in [-0.1, -0.05) is 0 Å². The van der Waals surface area contributed by atoms with Crippen LogP contribution in [0.5, 0.6) is 5.75 Å². The third-order valence-corrected chi connectivity index (χ3v) is 4.71. The molecule has 0 aliphatic rings. The SMILES string of the molecule is Oc1c(Br)nc(Br)c(Br)c1Br. The second kappa shape index (κ2) is 3.72. The molecule has 1 heterocycles. The van der Waals surface area contributed by atoms with E-state index in [2.05, 4.69) is 68.7 Å². The predicted molar refractivity (Wildman–Crippen MR) is 56.7 cm³/mol. The molecule has 0 bridgehead atoms. The summed E-state index contributed by atoms with van der Waals surface area (Å²) in [5.41, 5.74) is 0. The summed E-state index contributed by atoms with van der Waals surface area (Å²) in [7, 11) is 0. The van der Waals surface area contributed by atoms with Gasteiger partial charge in [-0.05, 0) is 63.7 Å². The van der Waals surface area contributed by atoms with Gasteiger partial charge in [-0.15, -0.1) is 0 Å². The molecule has 0 amide bonds. The van der Waals surface area contributed by atoms with Crippen LogP contribution in [-0.2, 0) is 0 Å². The highest BCUT2D eigenvalue weighted by molar-refractivity contribution is 9.14. The molecule has 0 unspecified atom stereocenters. The van der Waals surface area contributed by atoms with Crippen LogP contribution >= 0.6 is 63.7 Å². The highest BCUT2D eigenvalue weighted by atomic mass is 79.9. The highest BCUT2D eigenvalue weighted by Gasteiger charge is 2.11. The number of hydrogen-bond acceptors (Lipinski definition) is 2. The minimum absolute atomic E-state index is 0.0834. The molecule has 0 atom stereocenters. The van der Waals surface area contributed by atoms with Gasteiger partial charge in [-0.3, -0.25) is 0 Å². The molecule has 2 nitrogen and oxygen atoms in total. The lowest BCUT2D eigenvalue weighted by molar-refractivity contribution is 0.464. The van der Waals surface area contributed by atoms with Crippen LogP contribution < -0.4 is 0 Å². The van der Waals surface area contributed by atoms with E-state index in [0.717, 1.165) is 0 Å². The van der Waals surface area contributed by atoms with Crippen molar-refractivity contribution >= 4 is 63.7 Å². The molecule has 1 aromatic rings. The Morgan fingerprint density at radius 1 is 0.909 bits per heavy atom. The van der Waals surface area contributed by atoms with Gasteiger partial charge >= 0.3 is 0 Å². The molecule has 1 N–H and O–H groups in total. The van der Waals surface area contributed by atoms with Crippen LogP contribution in [0.25, 0.3) is 0 Å². The van der Waals surface area contributed by atoms with Crippen molar-refractivity contribution in [2.45, 2.75) is 0 Å². The number of aromatic nitrogens is 1. The number of pyridine rings is 1. The Hall–Kier alpha value is 0.870. The Kier molecular flexibility index (Phi) is 3.37. The van der Waals surface area contributed by atoms with Gasteiger partial charge < -0.3 is 5.11 Å². The molecule has 11 heavy (non-hydrogen) atoms. The van der Waals surface area contributed by atoms with Crippen LogP contribution in [0.15, 0.2) is 18.2 Å². The number of halogens is 4. The first kappa shape index (κ1) is 9.95. The summed E-state index contributed by atoms with van der Waals surface area (Å²) in [4.78, 5) is 3.94. The van der Waals surface area contributed by atoms with Gasteiger partial charge in [0.05, 0.1) is 8.95 Å². The first-order chi connectivity index (χ1) is 5.04. The normalized spacial score (nSPS) is 10.2. The highest BCUT2D eigenvalue weighted by Crippen LogP contribution is 2.39. The lowest BCUT2D eigenvalue weighted by atomic mass is 10.5. The Labute approximate surface area is 96.9 Å². The molecular weight excluding hydrogens is 410 g/mol. The topological polar surface area (TPSA) is 33.1 Å². The second-order valence-electron chi connectivity index (χ2n) is 1.67. The molecule has 1 rings (SSSR count). The van der Waals surface area contributed by atoms with Crippen molar-refractivity contribution in [1.29, 1.82) is 0 Å². The maximum absolute atomic E-state index is 9.30. The summed E-state index contributed by atoms with van der Waals surface area (Å²) >= 11 is 12.7. The van der Waals surface area contributed by atoms with E-state index in [1.165, 1.54) is 0 Å². The molecule has 0 saturated heterocycles. The summed E-state index contributed by atoms with van der Waals surface area (Å²) in [5, 5.41) is 9.30. The third-order valence-electron chi connectivity index (χ3n) is 0.973. The molecular formula is C5HBr4NO. The molecule has 60 valence electrons. The van der Waals surface area contributed by atoms with Gasteiger partial charge in [0.1, 0.15) is 9.21 Å². The van der Waals surface area contributed by atoms with Crippen molar-refractivity contribution in [2.75, 3.05) is 0 Å². The van der Waals surface area contributed by atoms with E-state index >= 15 is 0 Å². The summed E-state index contributed by atoms with van der Waals surface area (Å²) < 4.78 is 2.30. The van der Waals surface area contributed by atoms with Gasteiger partial charge in [0.2, 0.25) is 0 Å². The van der Waals surface area contributed by atoms with E-state index < -0.39 is 0 Å². The van der Waals surface area contributed by atoms with Gasteiger partial charge in [0.25, 0.3) is 0 Å². The van der Waals surface area contributed by atoms with E-state index in [0.29, 0.717) is 18.2 Å². The number of hydrogen-bond donors (Lipinski definition) is 1. The predicted octanol–water partition coefficient (Wildman–Crippen LogP) is 3.84. The largest absolute Gasteiger partial charge is 0.504 e. The average molecular weight is 411 g/mol. The Morgan fingerprint density at radius 2 is 1.45 bits per heavy atom. The lowest BCUT2D eigenvalue weighted by Crippen LogP contribution is -1.82. The molecule has 0 radical (unpaired) electrons. The van der Waals surface area contributed by atoms with Crippen LogP contribution in [0, 0.1) is 0 Å².